The van der Waals surface area contributed by atoms with Gasteiger partial charge in [0, 0.05) is 48.0 Å². The summed E-state index contributed by atoms with van der Waals surface area (Å²) in [6.45, 7) is 1.90. The number of benzene rings is 2. The van der Waals surface area contributed by atoms with Crippen molar-refractivity contribution in [2.75, 3.05) is 5.73 Å². The number of pyridine rings is 2. The van der Waals surface area contributed by atoms with E-state index in [0.29, 0.717) is 40.2 Å². The number of nitrogens with two attached hydrogens (primary N) is 1. The summed E-state index contributed by atoms with van der Waals surface area (Å²) in [5, 5.41) is 19.2. The number of aliphatic imine (C=N–C) groups is 1. The number of fused-ring (bicyclic) bond motifs is 2. The summed E-state index contributed by atoms with van der Waals surface area (Å²) in [5.41, 5.74) is 14.6. The smallest absolute Gasteiger partial charge is 0.155 e. The molecule has 6 rings (SSSR count). The molecule has 0 saturated heterocycles. The minimum Gasteiger partial charge on any atom is -0.397 e. The second kappa shape index (κ2) is 9.62. The zero-order chi connectivity index (χ0) is 26.9. The highest BCUT2D eigenvalue weighted by molar-refractivity contribution is 6.14. The van der Waals surface area contributed by atoms with Crippen LogP contribution in [0.5, 0.6) is 0 Å². The number of rotatable bonds is 5. The van der Waals surface area contributed by atoms with Crippen LogP contribution in [-0.2, 0) is 6.42 Å². The van der Waals surface area contributed by atoms with Gasteiger partial charge in [0.25, 0.3) is 0 Å². The third-order valence-corrected chi connectivity index (χ3v) is 6.39. The monoisotopic (exact) mass is 506 g/mol. The summed E-state index contributed by atoms with van der Waals surface area (Å²) in [4.78, 5) is 14.2. The van der Waals surface area contributed by atoms with Crippen LogP contribution in [0.1, 0.15) is 39.2 Å². The lowest BCUT2D eigenvalue weighted by Crippen LogP contribution is -2.04. The average molecular weight is 507 g/mol. The van der Waals surface area contributed by atoms with Gasteiger partial charge in [-0.15, -0.1) is 0 Å². The summed E-state index contributed by atoms with van der Waals surface area (Å²) < 4.78 is 3.64. The molecule has 0 amide bonds. The van der Waals surface area contributed by atoms with Crippen LogP contribution in [0.25, 0.3) is 11.3 Å². The lowest BCUT2D eigenvalue weighted by molar-refractivity contribution is 1.11. The number of anilines is 1. The number of aryl methyl sites for hydroxylation is 1. The van der Waals surface area contributed by atoms with Crippen LogP contribution < -0.4 is 5.73 Å². The fourth-order valence-corrected chi connectivity index (χ4v) is 4.75. The highest BCUT2D eigenvalue weighted by atomic mass is 15.0. The molecule has 8 nitrogen and oxygen atoms in total. The number of imidazole rings is 2. The first-order valence-corrected chi connectivity index (χ1v) is 12.3. The van der Waals surface area contributed by atoms with E-state index < -0.39 is 0 Å². The predicted molar refractivity (Wildman–Crippen MR) is 150 cm³/mol. The molecule has 6 aromatic rings. The molecule has 0 atom stereocenters. The zero-order valence-corrected chi connectivity index (χ0v) is 21.1. The first-order valence-electron chi connectivity index (χ1n) is 12.3. The van der Waals surface area contributed by atoms with Crippen LogP contribution in [0.15, 0.2) is 96.5 Å². The molecule has 0 aliphatic rings. The Balaban J connectivity index is 1.43. The molecule has 186 valence electrons. The van der Waals surface area contributed by atoms with Crippen LogP contribution in [-0.4, -0.2) is 24.5 Å². The van der Waals surface area contributed by atoms with Gasteiger partial charge in [-0.3, -0.25) is 0 Å². The number of nitrogens with zero attached hydrogens (tertiary/aromatic N) is 7. The van der Waals surface area contributed by atoms with E-state index in [-0.39, 0.29) is 0 Å². The van der Waals surface area contributed by atoms with Gasteiger partial charge in [-0.25, -0.2) is 15.0 Å². The molecule has 0 fully saturated rings. The van der Waals surface area contributed by atoms with E-state index in [9.17, 15) is 10.5 Å². The molecule has 4 heterocycles. The van der Waals surface area contributed by atoms with Crippen LogP contribution >= 0.6 is 0 Å². The fraction of sp³-hybridized carbons (Fsp3) is 0.0645. The first kappa shape index (κ1) is 23.7. The maximum Gasteiger partial charge on any atom is 0.155 e. The number of nitriles is 2. The Labute approximate surface area is 224 Å². The van der Waals surface area contributed by atoms with Gasteiger partial charge in [0.05, 0.1) is 33.9 Å². The molecule has 0 saturated carbocycles. The van der Waals surface area contributed by atoms with Crippen molar-refractivity contribution in [3.05, 3.63) is 131 Å². The van der Waals surface area contributed by atoms with Gasteiger partial charge < -0.3 is 14.5 Å². The van der Waals surface area contributed by atoms with Gasteiger partial charge in [-0.2, -0.15) is 10.5 Å². The van der Waals surface area contributed by atoms with Crippen molar-refractivity contribution >= 4 is 28.4 Å². The lowest BCUT2D eigenvalue weighted by atomic mass is 9.98. The van der Waals surface area contributed by atoms with E-state index in [4.69, 9.17) is 10.7 Å². The number of hydrogen-bond acceptors (Lipinski definition) is 6. The van der Waals surface area contributed by atoms with Gasteiger partial charge in [0.2, 0.25) is 0 Å². The van der Waals surface area contributed by atoms with E-state index in [1.807, 2.05) is 78.4 Å². The van der Waals surface area contributed by atoms with Crippen LogP contribution in [0.2, 0.25) is 0 Å². The lowest BCUT2D eigenvalue weighted by Gasteiger charge is -2.10. The van der Waals surface area contributed by atoms with Gasteiger partial charge in [0.15, 0.2) is 11.3 Å². The second-order valence-electron chi connectivity index (χ2n) is 9.30. The molecule has 0 radical (unpaired) electrons. The fourth-order valence-electron chi connectivity index (χ4n) is 4.75. The Morgan fingerprint density at radius 2 is 1.54 bits per heavy atom. The topological polar surface area (TPSA) is 121 Å². The molecule has 2 aromatic carbocycles. The molecule has 0 aliphatic carbocycles. The van der Waals surface area contributed by atoms with Crippen molar-refractivity contribution in [3.63, 3.8) is 0 Å². The van der Waals surface area contributed by atoms with Crippen molar-refractivity contribution < 1.29 is 0 Å². The van der Waals surface area contributed by atoms with E-state index in [1.165, 1.54) is 0 Å². The molecule has 4 aromatic heterocycles. The van der Waals surface area contributed by atoms with Crippen molar-refractivity contribution in [2.24, 2.45) is 4.99 Å². The Morgan fingerprint density at radius 1 is 0.821 bits per heavy atom. The second-order valence-corrected chi connectivity index (χ2v) is 9.30. The molecule has 39 heavy (non-hydrogen) atoms. The maximum absolute atomic E-state index is 9.73. The largest absolute Gasteiger partial charge is 0.397 e. The van der Waals surface area contributed by atoms with Gasteiger partial charge in [-0.1, -0.05) is 48.5 Å². The van der Waals surface area contributed by atoms with Crippen LogP contribution in [0.4, 0.5) is 11.4 Å². The van der Waals surface area contributed by atoms with Crippen molar-refractivity contribution in [1.82, 2.24) is 18.8 Å². The molecular formula is C31H22N8. The van der Waals surface area contributed by atoms with E-state index in [1.54, 1.807) is 22.7 Å². The van der Waals surface area contributed by atoms with E-state index in [0.717, 1.165) is 33.8 Å². The minimum atomic E-state index is 0.440. The first-order chi connectivity index (χ1) is 19.0. The molecular weight excluding hydrogens is 484 g/mol. The third kappa shape index (κ3) is 4.59. The predicted octanol–water partition coefficient (Wildman–Crippen LogP) is 5.38. The Morgan fingerprint density at radius 3 is 2.33 bits per heavy atom. The van der Waals surface area contributed by atoms with Crippen molar-refractivity contribution in [1.29, 1.82) is 10.5 Å². The SMILES string of the molecule is Cc1cn2cc(/N=C(\c3ccccc3)c3cccc(Cc4cn5cc(N)cc(C#N)c5n4)c3)cc(C#N)c2n1. The van der Waals surface area contributed by atoms with Gasteiger partial charge in [-0.05, 0) is 30.7 Å². The van der Waals surface area contributed by atoms with Gasteiger partial charge in [0.1, 0.15) is 12.1 Å². The summed E-state index contributed by atoms with van der Waals surface area (Å²) in [7, 11) is 0. The number of nitrogen functional groups attached to an aromatic ring is 1. The molecule has 0 bridgehead atoms. The molecule has 0 spiro atoms. The summed E-state index contributed by atoms with van der Waals surface area (Å²) in [5.74, 6) is 0. The molecule has 0 aliphatic heterocycles. The Kier molecular flexibility index (Phi) is 5.84. The highest BCUT2D eigenvalue weighted by Gasteiger charge is 2.13. The van der Waals surface area contributed by atoms with Gasteiger partial charge >= 0.3 is 0 Å². The van der Waals surface area contributed by atoms with Crippen LogP contribution in [0.3, 0.4) is 0 Å². The Hall–Kier alpha value is -5.73. The summed E-state index contributed by atoms with van der Waals surface area (Å²) >= 11 is 0. The maximum atomic E-state index is 9.73. The summed E-state index contributed by atoms with van der Waals surface area (Å²) in [6, 6.07) is 26.0. The molecule has 0 unspecified atom stereocenters. The molecule has 2 N–H and O–H groups in total. The van der Waals surface area contributed by atoms with Crippen molar-refractivity contribution in [2.45, 2.75) is 13.3 Å². The van der Waals surface area contributed by atoms with Crippen LogP contribution in [0, 0.1) is 29.6 Å². The minimum absolute atomic E-state index is 0.440. The highest BCUT2D eigenvalue weighted by Crippen LogP contribution is 2.24. The number of hydrogen-bond donors (Lipinski definition) is 1. The third-order valence-electron chi connectivity index (χ3n) is 6.39. The Bertz CT molecular complexity index is 1980. The quantitative estimate of drug-likeness (QED) is 0.315. The average Bonchev–Trinajstić information content (AvgIpc) is 3.53. The molecule has 8 heteroatoms. The van der Waals surface area contributed by atoms with E-state index >= 15 is 0 Å². The normalized spacial score (nSPS) is 11.5. The van der Waals surface area contributed by atoms with Crippen molar-refractivity contribution in [3.8, 4) is 12.1 Å². The van der Waals surface area contributed by atoms with E-state index in [2.05, 4.69) is 28.2 Å². The number of aromatic nitrogens is 4. The summed E-state index contributed by atoms with van der Waals surface area (Å²) in [6.07, 6.45) is 8.01. The zero-order valence-electron chi connectivity index (χ0n) is 21.1. The standard InChI is InChI=1S/C31H22N8/c1-20-16-38-19-28(13-25(15-33)30(38)35-20)36-29(22-7-3-2-4-8-22)23-9-5-6-21(10-23)11-27-18-39-17-26(34)12-24(14-32)31(39)37-27/h2-10,12-13,16-19H,11,34H2,1H3/b36-29+.